The Balaban J connectivity index is 0.000000791. The molecule has 1 saturated heterocycles. The molecule has 14 heavy (non-hydrogen) atoms. The van der Waals surface area contributed by atoms with E-state index in [4.69, 9.17) is 30.3 Å². The predicted octanol–water partition coefficient (Wildman–Crippen LogP) is -3.41. The Hall–Kier alpha value is -0.570. The van der Waals surface area contributed by atoms with Crippen molar-refractivity contribution < 1.29 is 35.1 Å². The second-order valence-corrected chi connectivity index (χ2v) is 2.72. The van der Waals surface area contributed by atoms with E-state index in [2.05, 4.69) is 4.74 Å². The van der Waals surface area contributed by atoms with Gasteiger partial charge in [0.2, 0.25) is 0 Å². The van der Waals surface area contributed by atoms with Crippen LogP contribution in [0.4, 0.5) is 0 Å². The van der Waals surface area contributed by atoms with Crippen molar-refractivity contribution in [2.24, 2.45) is 0 Å². The van der Waals surface area contributed by atoms with E-state index in [1.54, 1.807) is 0 Å². The molecule has 0 aromatic rings. The minimum absolute atomic E-state index is 0.526. The Morgan fingerprint density at radius 2 is 1.50 bits per heavy atom. The normalized spacial score (nSPS) is 42.5. The van der Waals surface area contributed by atoms with Crippen molar-refractivity contribution in [1.82, 2.24) is 0 Å². The fraction of sp³-hybridized carbons (Fsp3) is 0.857. The SMILES string of the molecule is C=O.OC[C@H]1OC(O)[C@H](O)[C@@H](O)[C@@H]1O. The number of carbonyl (C=O) groups excluding carboxylic acids is 1. The highest BCUT2D eigenvalue weighted by atomic mass is 16.6. The Bertz CT molecular complexity index is 159. The van der Waals surface area contributed by atoms with Crippen molar-refractivity contribution in [3.8, 4) is 0 Å². The topological polar surface area (TPSA) is 127 Å². The summed E-state index contributed by atoms with van der Waals surface area (Å²) in [7, 11) is 0. The van der Waals surface area contributed by atoms with Crippen molar-refractivity contribution >= 4 is 6.79 Å². The van der Waals surface area contributed by atoms with Gasteiger partial charge in [-0.1, -0.05) is 0 Å². The smallest absolute Gasteiger partial charge is 0.184 e. The van der Waals surface area contributed by atoms with E-state index in [-0.39, 0.29) is 0 Å². The average molecular weight is 210 g/mol. The lowest BCUT2D eigenvalue weighted by Crippen LogP contribution is -2.58. The van der Waals surface area contributed by atoms with E-state index >= 15 is 0 Å². The van der Waals surface area contributed by atoms with Crippen molar-refractivity contribution in [2.75, 3.05) is 6.61 Å². The van der Waals surface area contributed by atoms with Crippen molar-refractivity contribution in [1.29, 1.82) is 0 Å². The molecule has 0 amide bonds. The van der Waals surface area contributed by atoms with Crippen LogP contribution >= 0.6 is 0 Å². The molecule has 1 fully saturated rings. The highest BCUT2D eigenvalue weighted by Crippen LogP contribution is 2.18. The summed E-state index contributed by atoms with van der Waals surface area (Å²) >= 11 is 0. The number of aliphatic hydroxyl groups is 5. The maximum Gasteiger partial charge on any atom is 0.184 e. The van der Waals surface area contributed by atoms with E-state index < -0.39 is 37.3 Å². The summed E-state index contributed by atoms with van der Waals surface area (Å²) in [5, 5.41) is 44.7. The molecule has 1 heterocycles. The highest BCUT2D eigenvalue weighted by molar-refractivity contribution is 5.10. The van der Waals surface area contributed by atoms with Crippen LogP contribution in [0.3, 0.4) is 0 Å². The fourth-order valence-electron chi connectivity index (χ4n) is 1.08. The van der Waals surface area contributed by atoms with Crippen molar-refractivity contribution in [3.05, 3.63) is 0 Å². The molecule has 5 N–H and O–H groups in total. The van der Waals surface area contributed by atoms with Crippen LogP contribution in [0.1, 0.15) is 0 Å². The molecule has 0 aromatic carbocycles. The molecule has 1 aliphatic rings. The van der Waals surface area contributed by atoms with Gasteiger partial charge >= 0.3 is 0 Å². The third-order valence-electron chi connectivity index (χ3n) is 1.87. The number of aliphatic hydroxyl groups excluding tert-OH is 5. The van der Waals surface area contributed by atoms with Gasteiger partial charge in [-0.25, -0.2) is 0 Å². The first kappa shape index (κ1) is 13.4. The first-order valence-electron chi connectivity index (χ1n) is 3.85. The molecular weight excluding hydrogens is 196 g/mol. The molecule has 1 rings (SSSR count). The molecule has 1 aliphatic heterocycles. The van der Waals surface area contributed by atoms with Gasteiger partial charge < -0.3 is 35.1 Å². The lowest BCUT2D eigenvalue weighted by molar-refractivity contribution is -0.286. The van der Waals surface area contributed by atoms with Crippen LogP contribution in [0.25, 0.3) is 0 Å². The van der Waals surface area contributed by atoms with Gasteiger partial charge in [-0.2, -0.15) is 0 Å². The minimum atomic E-state index is -1.57. The maximum atomic E-state index is 9.12. The summed E-state index contributed by atoms with van der Waals surface area (Å²) < 4.78 is 4.58. The molecule has 0 spiro atoms. The predicted molar refractivity (Wildman–Crippen MR) is 43.1 cm³/mol. The molecule has 0 aliphatic carbocycles. The van der Waals surface area contributed by atoms with Crippen LogP contribution in [0.5, 0.6) is 0 Å². The van der Waals surface area contributed by atoms with Crippen LogP contribution < -0.4 is 0 Å². The van der Waals surface area contributed by atoms with Crippen molar-refractivity contribution in [2.45, 2.75) is 30.7 Å². The van der Waals surface area contributed by atoms with E-state index in [1.807, 2.05) is 6.79 Å². The molecule has 1 unspecified atom stereocenters. The van der Waals surface area contributed by atoms with Gasteiger partial charge in [0.15, 0.2) is 6.29 Å². The summed E-state index contributed by atoms with van der Waals surface area (Å²) in [5.74, 6) is 0. The van der Waals surface area contributed by atoms with Crippen LogP contribution in [0.15, 0.2) is 0 Å². The molecule has 7 heteroatoms. The molecule has 5 atom stereocenters. The summed E-state index contributed by atoms with van der Waals surface area (Å²) in [5.41, 5.74) is 0. The molecule has 0 radical (unpaired) electrons. The molecule has 7 nitrogen and oxygen atoms in total. The molecule has 0 saturated carbocycles. The van der Waals surface area contributed by atoms with Gasteiger partial charge in [0.25, 0.3) is 0 Å². The second kappa shape index (κ2) is 6.02. The Labute approximate surface area is 80.2 Å². The summed E-state index contributed by atoms with van der Waals surface area (Å²) in [6.45, 7) is 1.47. The maximum absolute atomic E-state index is 9.12. The van der Waals surface area contributed by atoms with Crippen LogP contribution in [-0.2, 0) is 9.53 Å². The zero-order chi connectivity index (χ0) is 11.3. The Kier molecular flexibility index (Phi) is 5.77. The number of ether oxygens (including phenoxy) is 1. The molecular formula is C7H14O7. The minimum Gasteiger partial charge on any atom is -0.394 e. The van der Waals surface area contributed by atoms with Gasteiger partial charge in [0, 0.05) is 0 Å². The second-order valence-electron chi connectivity index (χ2n) is 2.72. The van der Waals surface area contributed by atoms with E-state index in [0.29, 0.717) is 0 Å². The number of hydrogen-bond acceptors (Lipinski definition) is 7. The number of rotatable bonds is 1. The van der Waals surface area contributed by atoms with Crippen LogP contribution in [-0.4, -0.2) is 69.6 Å². The first-order valence-corrected chi connectivity index (χ1v) is 3.85. The van der Waals surface area contributed by atoms with E-state index in [1.165, 1.54) is 0 Å². The third-order valence-corrected chi connectivity index (χ3v) is 1.87. The molecule has 84 valence electrons. The fourth-order valence-corrected chi connectivity index (χ4v) is 1.08. The third kappa shape index (κ3) is 2.71. The van der Waals surface area contributed by atoms with Gasteiger partial charge in [-0.15, -0.1) is 0 Å². The van der Waals surface area contributed by atoms with E-state index in [0.717, 1.165) is 0 Å². The standard InChI is InChI=1S/C6H12O6.CH2O/c7-1-2-3(8)4(9)5(10)6(11)12-2;1-2/h2-11H,1H2;1H2/t2-,3-,4+,5-,6?;/m1./s1. The van der Waals surface area contributed by atoms with Gasteiger partial charge in [-0.3, -0.25) is 0 Å². The van der Waals surface area contributed by atoms with E-state index in [9.17, 15) is 0 Å². The van der Waals surface area contributed by atoms with Gasteiger partial charge in [0.05, 0.1) is 6.61 Å². The monoisotopic (exact) mass is 210 g/mol. The number of carbonyl (C=O) groups is 1. The zero-order valence-corrected chi connectivity index (χ0v) is 7.35. The molecule has 0 bridgehead atoms. The largest absolute Gasteiger partial charge is 0.394 e. The Morgan fingerprint density at radius 3 is 1.93 bits per heavy atom. The summed E-state index contributed by atoms with van der Waals surface area (Å²) in [6, 6.07) is 0. The lowest BCUT2D eigenvalue weighted by Gasteiger charge is -2.37. The van der Waals surface area contributed by atoms with Gasteiger partial charge in [0.1, 0.15) is 31.2 Å². The molecule has 0 aromatic heterocycles. The quantitative estimate of drug-likeness (QED) is 0.305. The zero-order valence-electron chi connectivity index (χ0n) is 7.35. The highest BCUT2D eigenvalue weighted by Gasteiger charge is 2.42. The average Bonchev–Trinajstić information content (AvgIpc) is 2.23. The lowest BCUT2D eigenvalue weighted by atomic mass is 10.00. The van der Waals surface area contributed by atoms with Crippen LogP contribution in [0.2, 0.25) is 0 Å². The Morgan fingerprint density at radius 1 is 1.00 bits per heavy atom. The first-order chi connectivity index (χ1) is 6.57. The summed E-state index contributed by atoms with van der Waals surface area (Å²) in [6.07, 6.45) is -7.04. The van der Waals surface area contributed by atoms with Crippen molar-refractivity contribution in [3.63, 3.8) is 0 Å². The van der Waals surface area contributed by atoms with Crippen LogP contribution in [0, 0.1) is 0 Å². The van der Waals surface area contributed by atoms with Gasteiger partial charge in [-0.05, 0) is 0 Å². The summed E-state index contributed by atoms with van der Waals surface area (Å²) in [4.78, 5) is 8.00. The number of hydrogen-bond donors (Lipinski definition) is 5.